The number of hydrogen-bond acceptors (Lipinski definition) is 4. The van der Waals surface area contributed by atoms with E-state index in [4.69, 9.17) is 4.74 Å². The number of fused-ring (bicyclic) bond motifs is 1. The molecule has 0 aromatic heterocycles. The number of likely N-dealkylation sites (N-methyl/N-ethyl adjacent to an activating group) is 1. The van der Waals surface area contributed by atoms with E-state index in [0.717, 1.165) is 44.6 Å². The third-order valence-electron chi connectivity index (χ3n) is 5.69. The number of amides is 1. The average molecular weight is 332 g/mol. The maximum absolute atomic E-state index is 12.5. The zero-order valence-electron chi connectivity index (χ0n) is 14.5. The van der Waals surface area contributed by atoms with Crippen molar-refractivity contribution in [3.05, 3.63) is 30.3 Å². The number of aliphatic hydroxyl groups excluding tert-OH is 1. The molecule has 0 radical (unpaired) electrons. The molecule has 5 heteroatoms. The number of piperidine rings is 2. The lowest BCUT2D eigenvalue weighted by Gasteiger charge is -2.53. The lowest BCUT2D eigenvalue weighted by atomic mass is 9.69. The highest BCUT2D eigenvalue weighted by atomic mass is 16.5. The van der Waals surface area contributed by atoms with E-state index in [1.807, 2.05) is 35.2 Å². The summed E-state index contributed by atoms with van der Waals surface area (Å²) in [7, 11) is 2.11. The first-order chi connectivity index (χ1) is 11.6. The van der Waals surface area contributed by atoms with Crippen LogP contribution in [0.25, 0.3) is 0 Å². The van der Waals surface area contributed by atoms with Crippen molar-refractivity contribution in [2.45, 2.75) is 31.7 Å². The Bertz CT molecular complexity index is 551. The van der Waals surface area contributed by atoms with Crippen molar-refractivity contribution in [1.82, 2.24) is 9.80 Å². The third kappa shape index (κ3) is 3.57. The molecule has 0 aliphatic carbocycles. The van der Waals surface area contributed by atoms with Gasteiger partial charge in [-0.05, 0) is 45.0 Å². The van der Waals surface area contributed by atoms with E-state index in [9.17, 15) is 9.90 Å². The molecular weight excluding hydrogens is 304 g/mol. The van der Waals surface area contributed by atoms with Crippen molar-refractivity contribution < 1.29 is 14.6 Å². The molecular formula is C19H28N2O3. The fraction of sp³-hybridized carbons (Fsp3) is 0.632. The number of benzene rings is 1. The number of likely N-dealkylation sites (tertiary alicyclic amines) is 2. The lowest BCUT2D eigenvalue weighted by Crippen LogP contribution is -2.62. The van der Waals surface area contributed by atoms with Crippen LogP contribution >= 0.6 is 0 Å². The summed E-state index contributed by atoms with van der Waals surface area (Å²) in [6.45, 7) is 3.15. The summed E-state index contributed by atoms with van der Waals surface area (Å²) in [5.41, 5.74) is -0.0235. The Labute approximate surface area is 144 Å². The Hall–Kier alpha value is -1.59. The van der Waals surface area contributed by atoms with E-state index in [1.165, 1.54) is 0 Å². The molecule has 24 heavy (non-hydrogen) atoms. The number of para-hydroxylation sites is 1. The highest BCUT2D eigenvalue weighted by Gasteiger charge is 2.47. The Morgan fingerprint density at radius 3 is 2.83 bits per heavy atom. The van der Waals surface area contributed by atoms with Gasteiger partial charge in [0.1, 0.15) is 5.75 Å². The highest BCUT2D eigenvalue weighted by Crippen LogP contribution is 2.41. The van der Waals surface area contributed by atoms with Crippen LogP contribution in [0.15, 0.2) is 30.3 Å². The van der Waals surface area contributed by atoms with Crippen molar-refractivity contribution in [2.24, 2.45) is 5.41 Å². The second kappa shape index (κ2) is 7.53. The van der Waals surface area contributed by atoms with Gasteiger partial charge >= 0.3 is 0 Å². The second-order valence-electron chi connectivity index (χ2n) is 7.12. The fourth-order valence-electron chi connectivity index (χ4n) is 4.17. The molecule has 1 aromatic carbocycles. The first-order valence-corrected chi connectivity index (χ1v) is 8.91. The summed E-state index contributed by atoms with van der Waals surface area (Å²) in [5, 5.41) is 9.94. The summed E-state index contributed by atoms with van der Waals surface area (Å²) < 4.78 is 5.64. The summed E-state index contributed by atoms with van der Waals surface area (Å²) in [5.74, 6) is 0.951. The number of carbonyl (C=O) groups excluding carboxylic acids is 1. The number of ether oxygens (including phenoxy) is 1. The molecule has 1 aromatic rings. The quantitative estimate of drug-likeness (QED) is 0.893. The van der Waals surface area contributed by atoms with E-state index in [2.05, 4.69) is 11.9 Å². The van der Waals surface area contributed by atoms with Crippen LogP contribution in [0.4, 0.5) is 0 Å². The molecule has 0 saturated carbocycles. The minimum atomic E-state index is -0.0235. The Morgan fingerprint density at radius 2 is 2.08 bits per heavy atom. The van der Waals surface area contributed by atoms with Gasteiger partial charge in [0.25, 0.3) is 0 Å². The van der Waals surface area contributed by atoms with Crippen LogP contribution in [-0.4, -0.2) is 66.8 Å². The number of carbonyl (C=O) groups is 1. The number of hydrogen-bond donors (Lipinski definition) is 1. The molecule has 2 atom stereocenters. The molecule has 0 bridgehead atoms. The standard InChI is InChI=1S/C19H28N2O3/c1-20-11-5-9-19(15-22)10-12-21(14-17(19)20)18(23)8-13-24-16-6-3-2-4-7-16/h2-4,6-7,17,22H,5,8-15H2,1H3/t17-,19-/m1/s1. The average Bonchev–Trinajstić information content (AvgIpc) is 2.62. The number of aliphatic hydroxyl groups is 1. The number of rotatable bonds is 5. The van der Waals surface area contributed by atoms with Gasteiger partial charge in [0.05, 0.1) is 19.6 Å². The minimum absolute atomic E-state index is 0.0235. The predicted molar refractivity (Wildman–Crippen MR) is 92.9 cm³/mol. The van der Waals surface area contributed by atoms with Crippen molar-refractivity contribution in [2.75, 3.05) is 39.9 Å². The van der Waals surface area contributed by atoms with Gasteiger partial charge in [-0.25, -0.2) is 0 Å². The monoisotopic (exact) mass is 332 g/mol. The zero-order valence-corrected chi connectivity index (χ0v) is 14.5. The second-order valence-corrected chi connectivity index (χ2v) is 7.12. The maximum atomic E-state index is 12.5. The largest absolute Gasteiger partial charge is 0.493 e. The third-order valence-corrected chi connectivity index (χ3v) is 5.69. The Kier molecular flexibility index (Phi) is 5.41. The van der Waals surface area contributed by atoms with Gasteiger partial charge in [0, 0.05) is 24.5 Å². The van der Waals surface area contributed by atoms with E-state index >= 15 is 0 Å². The summed E-state index contributed by atoms with van der Waals surface area (Å²) in [6.07, 6.45) is 3.49. The first-order valence-electron chi connectivity index (χ1n) is 8.91. The topological polar surface area (TPSA) is 53.0 Å². The van der Waals surface area contributed by atoms with Crippen LogP contribution in [0.5, 0.6) is 5.75 Å². The van der Waals surface area contributed by atoms with Crippen LogP contribution in [0.1, 0.15) is 25.7 Å². The van der Waals surface area contributed by atoms with Gasteiger partial charge in [-0.15, -0.1) is 0 Å². The predicted octanol–water partition coefficient (Wildman–Crippen LogP) is 1.76. The Balaban J connectivity index is 1.53. The van der Waals surface area contributed by atoms with Crippen LogP contribution in [0.2, 0.25) is 0 Å². The molecule has 0 unspecified atom stereocenters. The molecule has 1 N–H and O–H groups in total. The van der Waals surface area contributed by atoms with Crippen LogP contribution < -0.4 is 4.74 Å². The fourth-order valence-corrected chi connectivity index (χ4v) is 4.17. The normalized spacial score (nSPS) is 27.6. The smallest absolute Gasteiger partial charge is 0.226 e. The number of nitrogens with zero attached hydrogens (tertiary/aromatic N) is 2. The van der Waals surface area contributed by atoms with E-state index in [-0.39, 0.29) is 24.0 Å². The van der Waals surface area contributed by atoms with Gasteiger partial charge in [0.15, 0.2) is 0 Å². The van der Waals surface area contributed by atoms with Gasteiger partial charge in [-0.3, -0.25) is 4.79 Å². The summed E-state index contributed by atoms with van der Waals surface area (Å²) >= 11 is 0. The van der Waals surface area contributed by atoms with Crippen molar-refractivity contribution >= 4 is 5.91 Å². The molecule has 5 nitrogen and oxygen atoms in total. The summed E-state index contributed by atoms with van der Waals surface area (Å²) in [6, 6.07) is 9.86. The first kappa shape index (κ1) is 17.2. The van der Waals surface area contributed by atoms with Crippen molar-refractivity contribution in [3.63, 3.8) is 0 Å². The van der Waals surface area contributed by atoms with Crippen LogP contribution in [0, 0.1) is 5.41 Å². The van der Waals surface area contributed by atoms with E-state index in [1.54, 1.807) is 0 Å². The zero-order chi connectivity index (χ0) is 17.0. The van der Waals surface area contributed by atoms with Crippen molar-refractivity contribution in [1.29, 1.82) is 0 Å². The van der Waals surface area contributed by atoms with Crippen LogP contribution in [-0.2, 0) is 4.79 Å². The van der Waals surface area contributed by atoms with E-state index < -0.39 is 0 Å². The molecule has 2 aliphatic heterocycles. The van der Waals surface area contributed by atoms with Gasteiger partial charge in [-0.2, -0.15) is 0 Å². The van der Waals surface area contributed by atoms with Crippen LogP contribution in [0.3, 0.4) is 0 Å². The molecule has 2 saturated heterocycles. The molecule has 0 spiro atoms. The van der Waals surface area contributed by atoms with Gasteiger partial charge in [0.2, 0.25) is 5.91 Å². The molecule has 2 aliphatic rings. The van der Waals surface area contributed by atoms with Gasteiger partial charge in [-0.1, -0.05) is 18.2 Å². The lowest BCUT2D eigenvalue weighted by molar-refractivity contribution is -0.140. The molecule has 1 amide bonds. The maximum Gasteiger partial charge on any atom is 0.226 e. The van der Waals surface area contributed by atoms with Gasteiger partial charge < -0.3 is 19.6 Å². The molecule has 132 valence electrons. The Morgan fingerprint density at radius 1 is 1.29 bits per heavy atom. The van der Waals surface area contributed by atoms with Crippen molar-refractivity contribution in [3.8, 4) is 5.75 Å². The summed E-state index contributed by atoms with van der Waals surface area (Å²) in [4.78, 5) is 16.8. The molecule has 2 heterocycles. The van der Waals surface area contributed by atoms with E-state index in [0.29, 0.717) is 13.0 Å². The molecule has 3 rings (SSSR count). The SMILES string of the molecule is CN1CCC[C@]2(CO)CCN(C(=O)CCOc3ccccc3)C[C@@H]12. The molecule has 2 fully saturated rings. The highest BCUT2D eigenvalue weighted by molar-refractivity contribution is 5.76. The minimum Gasteiger partial charge on any atom is -0.493 e.